The number of nitrogens with zero attached hydrogens (tertiary/aromatic N) is 1. The molecule has 1 aromatic rings. The Bertz CT molecular complexity index is 374. The Morgan fingerprint density at radius 1 is 1.24 bits per heavy atom. The van der Waals surface area contributed by atoms with Crippen molar-refractivity contribution in [1.82, 2.24) is 10.2 Å². The van der Waals surface area contributed by atoms with Crippen molar-refractivity contribution in [3.8, 4) is 0 Å². The third-order valence-electron chi connectivity index (χ3n) is 4.37. The summed E-state index contributed by atoms with van der Waals surface area (Å²) in [6.07, 6.45) is 5.41. The van der Waals surface area contributed by atoms with Crippen molar-refractivity contribution in [2.75, 3.05) is 19.6 Å². The van der Waals surface area contributed by atoms with Crippen LogP contribution in [0.25, 0.3) is 0 Å². The minimum absolute atomic E-state index is 0.174. The van der Waals surface area contributed by atoms with E-state index >= 15 is 0 Å². The van der Waals surface area contributed by atoms with Crippen LogP contribution in [-0.4, -0.2) is 41.8 Å². The van der Waals surface area contributed by atoms with Crippen LogP contribution in [0.3, 0.4) is 0 Å². The normalized spacial score (nSPS) is 18.8. The molecule has 2 N–H and O–H groups in total. The maximum Gasteiger partial charge on any atom is 0.0664 e. The van der Waals surface area contributed by atoms with Crippen LogP contribution in [0.5, 0.6) is 0 Å². The van der Waals surface area contributed by atoms with Gasteiger partial charge < -0.3 is 10.4 Å². The monoisotopic (exact) mass is 290 g/mol. The van der Waals surface area contributed by atoms with Gasteiger partial charge in [0.2, 0.25) is 0 Å². The van der Waals surface area contributed by atoms with Crippen LogP contribution < -0.4 is 5.32 Å². The van der Waals surface area contributed by atoms with Crippen molar-refractivity contribution in [1.29, 1.82) is 0 Å². The Morgan fingerprint density at radius 3 is 2.62 bits per heavy atom. The van der Waals surface area contributed by atoms with Gasteiger partial charge in [-0.2, -0.15) is 0 Å². The van der Waals surface area contributed by atoms with Gasteiger partial charge in [0.15, 0.2) is 0 Å². The minimum Gasteiger partial charge on any atom is -0.392 e. The fraction of sp³-hybridized carbons (Fsp3) is 0.667. The second-order valence-corrected chi connectivity index (χ2v) is 6.24. The van der Waals surface area contributed by atoms with Crippen LogP contribution in [0.1, 0.15) is 44.6 Å². The highest BCUT2D eigenvalue weighted by Gasteiger charge is 2.19. The second kappa shape index (κ2) is 9.19. The van der Waals surface area contributed by atoms with E-state index in [0.29, 0.717) is 6.04 Å². The van der Waals surface area contributed by atoms with Crippen LogP contribution in [0, 0.1) is 0 Å². The van der Waals surface area contributed by atoms with E-state index in [2.05, 4.69) is 47.5 Å². The van der Waals surface area contributed by atoms with Gasteiger partial charge in [-0.15, -0.1) is 0 Å². The first-order valence-corrected chi connectivity index (χ1v) is 8.45. The summed E-state index contributed by atoms with van der Waals surface area (Å²) >= 11 is 0. The van der Waals surface area contributed by atoms with Gasteiger partial charge in [0.1, 0.15) is 0 Å². The fourth-order valence-corrected chi connectivity index (χ4v) is 2.98. The molecule has 2 rings (SSSR count). The van der Waals surface area contributed by atoms with Gasteiger partial charge in [0.25, 0.3) is 0 Å². The molecule has 1 unspecified atom stereocenters. The molecule has 0 aromatic heterocycles. The zero-order valence-corrected chi connectivity index (χ0v) is 13.3. The Hall–Kier alpha value is -0.900. The molecule has 1 atom stereocenters. The largest absolute Gasteiger partial charge is 0.392 e. The standard InChI is InChI=1S/C18H30N2O/c1-2-3-9-18(21)14-19-17-10-12-20(13-11-17)15-16-7-5-4-6-8-16/h4-8,17-19,21H,2-3,9-15H2,1H3. The molecular weight excluding hydrogens is 260 g/mol. The lowest BCUT2D eigenvalue weighted by molar-refractivity contribution is 0.139. The molecule has 118 valence electrons. The topological polar surface area (TPSA) is 35.5 Å². The quantitative estimate of drug-likeness (QED) is 0.773. The molecule has 1 saturated heterocycles. The molecule has 1 aliphatic rings. The summed E-state index contributed by atoms with van der Waals surface area (Å²) in [4.78, 5) is 2.53. The summed E-state index contributed by atoms with van der Waals surface area (Å²) < 4.78 is 0. The lowest BCUT2D eigenvalue weighted by atomic mass is 10.0. The van der Waals surface area contributed by atoms with E-state index in [1.165, 1.54) is 18.4 Å². The van der Waals surface area contributed by atoms with Crippen molar-refractivity contribution in [2.24, 2.45) is 0 Å². The number of benzene rings is 1. The van der Waals surface area contributed by atoms with E-state index in [-0.39, 0.29) is 6.10 Å². The van der Waals surface area contributed by atoms with Gasteiger partial charge >= 0.3 is 0 Å². The van der Waals surface area contributed by atoms with E-state index in [1.807, 2.05) is 0 Å². The summed E-state index contributed by atoms with van der Waals surface area (Å²) in [6, 6.07) is 11.3. The second-order valence-electron chi connectivity index (χ2n) is 6.24. The van der Waals surface area contributed by atoms with Gasteiger partial charge in [-0.1, -0.05) is 50.1 Å². The molecule has 1 aromatic carbocycles. The first kappa shape index (κ1) is 16.5. The average molecular weight is 290 g/mol. The number of aliphatic hydroxyl groups is 1. The summed E-state index contributed by atoms with van der Waals surface area (Å²) in [7, 11) is 0. The molecule has 0 bridgehead atoms. The van der Waals surface area contributed by atoms with Crippen molar-refractivity contribution in [2.45, 2.75) is 57.7 Å². The Labute approximate surface area is 129 Å². The number of unbranched alkanes of at least 4 members (excludes halogenated alkanes) is 1. The van der Waals surface area contributed by atoms with Gasteiger partial charge in [-0.3, -0.25) is 4.90 Å². The molecule has 0 aliphatic carbocycles. The maximum atomic E-state index is 9.88. The van der Waals surface area contributed by atoms with Crippen LogP contribution >= 0.6 is 0 Å². The molecule has 1 aliphatic heterocycles. The fourth-order valence-electron chi connectivity index (χ4n) is 2.98. The molecule has 0 radical (unpaired) electrons. The summed E-state index contributed by atoms with van der Waals surface area (Å²) in [5.41, 5.74) is 1.40. The predicted octanol–water partition coefficient (Wildman–Crippen LogP) is 2.79. The molecule has 21 heavy (non-hydrogen) atoms. The van der Waals surface area contributed by atoms with E-state index in [9.17, 15) is 5.11 Å². The van der Waals surface area contributed by atoms with Crippen molar-refractivity contribution in [3.63, 3.8) is 0 Å². The lowest BCUT2D eigenvalue weighted by Crippen LogP contribution is -2.44. The number of rotatable bonds is 8. The Kier molecular flexibility index (Phi) is 7.20. The first-order valence-electron chi connectivity index (χ1n) is 8.45. The van der Waals surface area contributed by atoms with Crippen LogP contribution in [0.4, 0.5) is 0 Å². The Balaban J connectivity index is 1.62. The van der Waals surface area contributed by atoms with E-state index < -0.39 is 0 Å². The summed E-state index contributed by atoms with van der Waals surface area (Å²) in [5, 5.41) is 13.4. The SMILES string of the molecule is CCCCC(O)CNC1CCN(Cc2ccccc2)CC1. The highest BCUT2D eigenvalue weighted by molar-refractivity contribution is 5.14. The number of hydrogen-bond donors (Lipinski definition) is 2. The number of piperidine rings is 1. The molecule has 0 spiro atoms. The molecule has 1 heterocycles. The van der Waals surface area contributed by atoms with Crippen LogP contribution in [-0.2, 0) is 6.54 Å². The molecule has 3 nitrogen and oxygen atoms in total. The van der Waals surface area contributed by atoms with Gasteiger partial charge in [-0.25, -0.2) is 0 Å². The highest BCUT2D eigenvalue weighted by Crippen LogP contribution is 2.14. The number of nitrogens with one attached hydrogen (secondary N) is 1. The molecule has 0 amide bonds. The van der Waals surface area contributed by atoms with E-state index in [0.717, 1.165) is 45.4 Å². The molecule has 1 fully saturated rings. The highest BCUT2D eigenvalue weighted by atomic mass is 16.3. The average Bonchev–Trinajstić information content (AvgIpc) is 2.53. The third-order valence-corrected chi connectivity index (χ3v) is 4.37. The summed E-state index contributed by atoms with van der Waals surface area (Å²) in [5.74, 6) is 0. The number of likely N-dealkylation sites (tertiary alicyclic amines) is 1. The molecule has 0 saturated carbocycles. The predicted molar refractivity (Wildman–Crippen MR) is 88.3 cm³/mol. The molecular formula is C18H30N2O. The zero-order chi connectivity index (χ0) is 14.9. The van der Waals surface area contributed by atoms with Crippen molar-refractivity contribution < 1.29 is 5.11 Å². The van der Waals surface area contributed by atoms with Crippen LogP contribution in [0.2, 0.25) is 0 Å². The van der Waals surface area contributed by atoms with E-state index in [4.69, 9.17) is 0 Å². The zero-order valence-electron chi connectivity index (χ0n) is 13.3. The number of aliphatic hydroxyl groups excluding tert-OH is 1. The van der Waals surface area contributed by atoms with Gasteiger partial charge in [-0.05, 0) is 37.9 Å². The smallest absolute Gasteiger partial charge is 0.0664 e. The van der Waals surface area contributed by atoms with E-state index in [1.54, 1.807) is 0 Å². The van der Waals surface area contributed by atoms with Crippen molar-refractivity contribution >= 4 is 0 Å². The maximum absolute atomic E-state index is 9.88. The summed E-state index contributed by atoms with van der Waals surface area (Å²) in [6.45, 7) is 6.29. The molecule has 3 heteroatoms. The van der Waals surface area contributed by atoms with Gasteiger partial charge in [0, 0.05) is 19.1 Å². The Morgan fingerprint density at radius 2 is 1.95 bits per heavy atom. The van der Waals surface area contributed by atoms with Crippen molar-refractivity contribution in [3.05, 3.63) is 35.9 Å². The minimum atomic E-state index is -0.174. The lowest BCUT2D eigenvalue weighted by Gasteiger charge is -2.33. The van der Waals surface area contributed by atoms with Crippen LogP contribution in [0.15, 0.2) is 30.3 Å². The third kappa shape index (κ3) is 6.16. The number of hydrogen-bond acceptors (Lipinski definition) is 3. The van der Waals surface area contributed by atoms with Gasteiger partial charge in [0.05, 0.1) is 6.10 Å². The first-order chi connectivity index (χ1) is 10.3.